The highest BCUT2D eigenvalue weighted by Crippen LogP contribution is 2.37. The molecule has 18 heavy (non-hydrogen) atoms. The van der Waals surface area contributed by atoms with Crippen LogP contribution in [-0.4, -0.2) is 31.1 Å². The van der Waals surface area contributed by atoms with E-state index in [9.17, 15) is 0 Å². The molecule has 2 N–H and O–H groups in total. The SMILES string of the molecule is NCC1CCCN(C2CCOc3ccccc32)C1. The van der Waals surface area contributed by atoms with E-state index in [-0.39, 0.29) is 0 Å². The highest BCUT2D eigenvalue weighted by Gasteiger charge is 2.30. The minimum Gasteiger partial charge on any atom is -0.493 e. The molecule has 1 saturated heterocycles. The molecule has 0 saturated carbocycles. The van der Waals surface area contributed by atoms with Crippen LogP contribution < -0.4 is 10.5 Å². The summed E-state index contributed by atoms with van der Waals surface area (Å²) >= 11 is 0. The molecule has 0 radical (unpaired) electrons. The van der Waals surface area contributed by atoms with Crippen molar-refractivity contribution in [2.45, 2.75) is 25.3 Å². The first-order valence-electron chi connectivity index (χ1n) is 7.04. The summed E-state index contributed by atoms with van der Waals surface area (Å²) in [5.41, 5.74) is 7.20. The van der Waals surface area contributed by atoms with Crippen molar-refractivity contribution in [3.8, 4) is 5.75 Å². The molecule has 3 nitrogen and oxygen atoms in total. The molecule has 2 atom stereocenters. The molecule has 0 bridgehead atoms. The summed E-state index contributed by atoms with van der Waals surface area (Å²) in [5, 5.41) is 0. The molecule has 2 unspecified atom stereocenters. The van der Waals surface area contributed by atoms with E-state index in [4.69, 9.17) is 10.5 Å². The zero-order chi connectivity index (χ0) is 12.4. The van der Waals surface area contributed by atoms with Crippen molar-refractivity contribution in [2.24, 2.45) is 11.7 Å². The average Bonchev–Trinajstić information content (AvgIpc) is 2.47. The molecule has 2 aliphatic heterocycles. The number of hydrogen-bond acceptors (Lipinski definition) is 3. The number of nitrogens with two attached hydrogens (primary N) is 1. The molecule has 0 amide bonds. The Hall–Kier alpha value is -1.06. The van der Waals surface area contributed by atoms with Crippen molar-refractivity contribution >= 4 is 0 Å². The van der Waals surface area contributed by atoms with E-state index in [1.54, 1.807) is 0 Å². The molecular weight excluding hydrogens is 224 g/mol. The summed E-state index contributed by atoms with van der Waals surface area (Å²) in [6, 6.07) is 9.01. The molecule has 2 heterocycles. The summed E-state index contributed by atoms with van der Waals surface area (Å²) in [4.78, 5) is 2.61. The van der Waals surface area contributed by atoms with Crippen molar-refractivity contribution in [3.05, 3.63) is 29.8 Å². The number of fused-ring (bicyclic) bond motifs is 1. The van der Waals surface area contributed by atoms with Gasteiger partial charge < -0.3 is 10.5 Å². The average molecular weight is 246 g/mol. The lowest BCUT2D eigenvalue weighted by atomic mass is 9.92. The number of para-hydroxylation sites is 1. The molecule has 1 aromatic rings. The zero-order valence-electron chi connectivity index (χ0n) is 10.8. The third kappa shape index (κ3) is 2.25. The van der Waals surface area contributed by atoms with Crippen molar-refractivity contribution < 1.29 is 4.74 Å². The van der Waals surface area contributed by atoms with Crippen LogP contribution in [0.2, 0.25) is 0 Å². The highest BCUT2D eigenvalue weighted by molar-refractivity contribution is 5.37. The first kappa shape index (κ1) is 12.0. The van der Waals surface area contributed by atoms with Crippen molar-refractivity contribution in [1.82, 2.24) is 4.90 Å². The fraction of sp³-hybridized carbons (Fsp3) is 0.600. The molecular formula is C15H22N2O. The normalized spacial score (nSPS) is 28.5. The second-order valence-electron chi connectivity index (χ2n) is 5.43. The molecule has 1 aromatic carbocycles. The van der Waals surface area contributed by atoms with Crippen LogP contribution in [0.15, 0.2) is 24.3 Å². The Morgan fingerprint density at radius 2 is 2.17 bits per heavy atom. The van der Waals surface area contributed by atoms with Crippen LogP contribution in [-0.2, 0) is 0 Å². The third-order valence-corrected chi connectivity index (χ3v) is 4.25. The maximum absolute atomic E-state index is 5.84. The van der Waals surface area contributed by atoms with Gasteiger partial charge in [-0.15, -0.1) is 0 Å². The fourth-order valence-electron chi connectivity index (χ4n) is 3.28. The van der Waals surface area contributed by atoms with E-state index in [0.29, 0.717) is 12.0 Å². The van der Waals surface area contributed by atoms with Gasteiger partial charge in [-0.2, -0.15) is 0 Å². The van der Waals surface area contributed by atoms with Gasteiger partial charge in [0, 0.05) is 24.6 Å². The number of piperidine rings is 1. The Balaban J connectivity index is 1.80. The van der Waals surface area contributed by atoms with E-state index in [1.165, 1.54) is 24.9 Å². The Morgan fingerprint density at radius 1 is 1.28 bits per heavy atom. The monoisotopic (exact) mass is 246 g/mol. The van der Waals surface area contributed by atoms with Crippen molar-refractivity contribution in [3.63, 3.8) is 0 Å². The fourth-order valence-corrected chi connectivity index (χ4v) is 3.28. The summed E-state index contributed by atoms with van der Waals surface area (Å²) in [6.07, 6.45) is 3.67. The molecule has 3 heteroatoms. The van der Waals surface area contributed by atoms with E-state index in [0.717, 1.165) is 31.9 Å². The van der Waals surface area contributed by atoms with Gasteiger partial charge >= 0.3 is 0 Å². The lowest BCUT2D eigenvalue weighted by molar-refractivity contribution is 0.0938. The van der Waals surface area contributed by atoms with Gasteiger partial charge in [-0.1, -0.05) is 18.2 Å². The molecule has 1 fully saturated rings. The van der Waals surface area contributed by atoms with Gasteiger partial charge in [-0.25, -0.2) is 0 Å². The van der Waals surface area contributed by atoms with E-state index in [2.05, 4.69) is 29.2 Å². The van der Waals surface area contributed by atoms with Crippen LogP contribution in [0, 0.1) is 5.92 Å². The largest absolute Gasteiger partial charge is 0.493 e. The number of ether oxygens (including phenoxy) is 1. The maximum Gasteiger partial charge on any atom is 0.124 e. The van der Waals surface area contributed by atoms with Gasteiger partial charge in [-0.3, -0.25) is 4.90 Å². The van der Waals surface area contributed by atoms with Crippen LogP contribution in [0.1, 0.15) is 30.9 Å². The molecule has 98 valence electrons. The third-order valence-electron chi connectivity index (χ3n) is 4.25. The minimum atomic E-state index is 0.532. The van der Waals surface area contributed by atoms with Crippen LogP contribution in [0.3, 0.4) is 0 Å². The zero-order valence-corrected chi connectivity index (χ0v) is 10.8. The van der Waals surface area contributed by atoms with Gasteiger partial charge in [0.1, 0.15) is 5.75 Å². The highest BCUT2D eigenvalue weighted by atomic mass is 16.5. The Kier molecular flexibility index (Phi) is 3.52. The van der Waals surface area contributed by atoms with E-state index in [1.807, 2.05) is 0 Å². The molecule has 0 spiro atoms. The first-order valence-corrected chi connectivity index (χ1v) is 7.04. The van der Waals surface area contributed by atoms with Gasteiger partial charge in [0.15, 0.2) is 0 Å². The van der Waals surface area contributed by atoms with E-state index >= 15 is 0 Å². The second kappa shape index (κ2) is 5.29. The minimum absolute atomic E-state index is 0.532. The lowest BCUT2D eigenvalue weighted by Crippen LogP contribution is -2.42. The summed E-state index contributed by atoms with van der Waals surface area (Å²) in [5.74, 6) is 1.75. The number of nitrogens with zero attached hydrogens (tertiary/aromatic N) is 1. The number of likely N-dealkylation sites (tertiary alicyclic amines) is 1. The van der Waals surface area contributed by atoms with Crippen molar-refractivity contribution in [1.29, 1.82) is 0 Å². The summed E-state index contributed by atoms with van der Waals surface area (Å²) in [7, 11) is 0. The van der Waals surface area contributed by atoms with Crippen LogP contribution >= 0.6 is 0 Å². The molecule has 0 aliphatic carbocycles. The second-order valence-corrected chi connectivity index (χ2v) is 5.43. The van der Waals surface area contributed by atoms with Gasteiger partial charge in [-0.05, 0) is 37.9 Å². The molecule has 0 aromatic heterocycles. The van der Waals surface area contributed by atoms with Gasteiger partial charge in [0.25, 0.3) is 0 Å². The van der Waals surface area contributed by atoms with Crippen LogP contribution in [0.5, 0.6) is 5.75 Å². The predicted octanol–water partition coefficient (Wildman–Crippen LogP) is 2.18. The number of hydrogen-bond donors (Lipinski definition) is 1. The molecule has 2 aliphatic rings. The Labute approximate surface area is 109 Å². The van der Waals surface area contributed by atoms with Crippen LogP contribution in [0.4, 0.5) is 0 Å². The smallest absolute Gasteiger partial charge is 0.124 e. The van der Waals surface area contributed by atoms with E-state index < -0.39 is 0 Å². The Bertz CT molecular complexity index is 407. The maximum atomic E-state index is 5.84. The predicted molar refractivity (Wildman–Crippen MR) is 72.6 cm³/mol. The first-order chi connectivity index (χ1) is 8.88. The Morgan fingerprint density at radius 3 is 3.06 bits per heavy atom. The summed E-state index contributed by atoms with van der Waals surface area (Å²) < 4.78 is 5.75. The standard InChI is InChI=1S/C15H22N2O/c16-10-12-4-3-8-17(11-12)14-7-9-18-15-6-2-1-5-13(14)15/h1-2,5-6,12,14H,3-4,7-11,16H2. The number of rotatable bonds is 2. The summed E-state index contributed by atoms with van der Waals surface area (Å²) in [6.45, 7) is 4.01. The topological polar surface area (TPSA) is 38.5 Å². The number of benzene rings is 1. The van der Waals surface area contributed by atoms with Crippen LogP contribution in [0.25, 0.3) is 0 Å². The van der Waals surface area contributed by atoms with Gasteiger partial charge in [0.05, 0.1) is 6.61 Å². The van der Waals surface area contributed by atoms with Gasteiger partial charge in [0.2, 0.25) is 0 Å². The van der Waals surface area contributed by atoms with Crippen molar-refractivity contribution in [2.75, 3.05) is 26.2 Å². The molecule has 3 rings (SSSR count). The lowest BCUT2D eigenvalue weighted by Gasteiger charge is -2.40. The quantitative estimate of drug-likeness (QED) is 0.869.